The third-order valence-corrected chi connectivity index (χ3v) is 10.2. The van der Waals surface area contributed by atoms with E-state index >= 15 is 5.11 Å². The van der Waals surface area contributed by atoms with E-state index in [1.165, 1.54) is 0 Å². The minimum Gasteiger partial charge on any atom is -0.872 e. The predicted molar refractivity (Wildman–Crippen MR) is 203 cm³/mol. The van der Waals surface area contributed by atoms with Gasteiger partial charge in [-0.3, -0.25) is 0 Å². The highest BCUT2D eigenvalue weighted by molar-refractivity contribution is 6.28. The van der Waals surface area contributed by atoms with Gasteiger partial charge in [-0.1, -0.05) is 66.4 Å². The van der Waals surface area contributed by atoms with Gasteiger partial charge >= 0.3 is 0 Å². The average Bonchev–Trinajstić information content (AvgIpc) is 3.14. The molecule has 0 saturated heterocycles. The van der Waals surface area contributed by atoms with E-state index in [1.54, 1.807) is 0 Å². The first-order valence-corrected chi connectivity index (χ1v) is 17.1. The van der Waals surface area contributed by atoms with E-state index in [-0.39, 0.29) is 11.5 Å². The monoisotopic (exact) mass is 654 g/mol. The fourth-order valence-corrected chi connectivity index (χ4v) is 8.01. The van der Waals surface area contributed by atoms with Crippen molar-refractivity contribution in [1.29, 1.82) is 5.26 Å². The van der Waals surface area contributed by atoms with Gasteiger partial charge < -0.3 is 21.5 Å². The van der Waals surface area contributed by atoms with Gasteiger partial charge in [-0.05, 0) is 79.8 Å². The molecule has 2 aliphatic carbocycles. The third kappa shape index (κ3) is 4.51. The van der Waals surface area contributed by atoms with Crippen LogP contribution in [-0.4, -0.2) is 36.5 Å². The lowest BCUT2D eigenvalue weighted by Gasteiger charge is -2.41. The molecule has 0 spiro atoms. The zero-order valence-electron chi connectivity index (χ0n) is 28.8. The van der Waals surface area contributed by atoms with E-state index in [9.17, 15) is 5.26 Å². The number of nitrogens with two attached hydrogens (primary N) is 2. The molecule has 0 aliphatic heterocycles. The standard InChI is InChI=1S/C43H38N6O/c1-6-48(7-2)41-27-18-12-10-16-25(27)34(26-17-11-13-19-28(26)41)39-37(33(24-44)47-5)40(43(39)50)38-35-29(20-14-22-31(35)45)42(49(8-3)9-4)30-21-15-23-32(46)36(30)38/h10-23H,6-9,45-46H2,1-4H3/b37-33+. The molecule has 5 aromatic carbocycles. The Morgan fingerprint density at radius 3 is 1.68 bits per heavy atom. The first-order valence-electron chi connectivity index (χ1n) is 17.1. The largest absolute Gasteiger partial charge is 0.872 e. The molecule has 246 valence electrons. The van der Waals surface area contributed by atoms with Crippen LogP contribution in [-0.2, 0) is 0 Å². The second kappa shape index (κ2) is 12.6. The Hall–Kier alpha value is -6.31. The Morgan fingerprint density at radius 2 is 1.24 bits per heavy atom. The van der Waals surface area contributed by atoms with Crippen molar-refractivity contribution in [2.75, 3.05) is 42.5 Å². The summed E-state index contributed by atoms with van der Waals surface area (Å²) in [6.07, 6.45) is 0. The van der Waals surface area contributed by atoms with Gasteiger partial charge in [-0.15, -0.1) is 0 Å². The number of rotatable bonds is 6. The topological polar surface area (TPSA) is 109 Å². The van der Waals surface area contributed by atoms with E-state index in [1.807, 2.05) is 72.8 Å². The summed E-state index contributed by atoms with van der Waals surface area (Å²) in [5, 5.41) is 28.8. The van der Waals surface area contributed by atoms with Crippen molar-refractivity contribution in [2.45, 2.75) is 27.7 Å². The molecule has 0 fully saturated rings. The maximum absolute atomic E-state index is 15.1. The second-order valence-corrected chi connectivity index (χ2v) is 12.4. The molecule has 5 aromatic rings. The average molecular weight is 655 g/mol. The van der Waals surface area contributed by atoms with Gasteiger partial charge in [0.05, 0.1) is 29.5 Å². The summed E-state index contributed by atoms with van der Waals surface area (Å²) in [6, 6.07) is 29.9. The van der Waals surface area contributed by atoms with E-state index < -0.39 is 0 Å². The first-order chi connectivity index (χ1) is 24.4. The molecular formula is C43H38N6O. The Balaban J connectivity index is 1.70. The van der Waals surface area contributed by atoms with Gasteiger partial charge in [0.2, 0.25) is 5.71 Å². The Bertz CT molecular complexity index is 2340. The minimum absolute atomic E-state index is 0.145. The Kier molecular flexibility index (Phi) is 8.14. The normalized spacial score (nSPS) is 14.6. The summed E-state index contributed by atoms with van der Waals surface area (Å²) >= 11 is 0. The molecule has 0 unspecified atom stereocenters. The van der Waals surface area contributed by atoms with Crippen LogP contribution >= 0.6 is 0 Å². The lowest BCUT2D eigenvalue weighted by molar-refractivity contribution is -0.519. The molecule has 2 aliphatic rings. The summed E-state index contributed by atoms with van der Waals surface area (Å²) in [4.78, 5) is 5.99. The quantitative estimate of drug-likeness (QED) is 0.0636. The molecule has 0 bridgehead atoms. The zero-order valence-corrected chi connectivity index (χ0v) is 28.8. The highest BCUT2D eigenvalue weighted by Gasteiger charge is 2.39. The maximum atomic E-state index is 15.1. The Morgan fingerprint density at radius 1 is 0.740 bits per heavy atom. The number of allylic oxidation sites excluding steroid dienone is 3. The van der Waals surface area contributed by atoms with Crippen molar-refractivity contribution in [2.24, 2.45) is 0 Å². The fourth-order valence-electron chi connectivity index (χ4n) is 8.01. The molecular weight excluding hydrogens is 617 g/mol. The molecule has 0 amide bonds. The van der Waals surface area contributed by atoms with Crippen LogP contribution in [0.15, 0.2) is 108 Å². The van der Waals surface area contributed by atoms with Crippen molar-refractivity contribution in [3.8, 4) is 6.07 Å². The third-order valence-electron chi connectivity index (χ3n) is 10.2. The molecule has 0 atom stereocenters. The van der Waals surface area contributed by atoms with Gasteiger partial charge in [0, 0.05) is 57.1 Å². The minimum atomic E-state index is -0.244. The van der Waals surface area contributed by atoms with Crippen molar-refractivity contribution in [1.82, 2.24) is 0 Å². The number of hydrogen-bond donors (Lipinski definition) is 2. The molecule has 0 saturated carbocycles. The number of nitrogen functional groups attached to an aromatic ring is 2. The number of nitrogens with zero attached hydrogens (tertiary/aromatic N) is 4. The van der Waals surface area contributed by atoms with E-state index in [4.69, 9.17) is 18.0 Å². The van der Waals surface area contributed by atoms with E-state index in [0.717, 1.165) is 76.2 Å². The number of fused-ring (bicyclic) bond motifs is 4. The van der Waals surface area contributed by atoms with Gasteiger partial charge in [-0.2, -0.15) is 0 Å². The lowest BCUT2D eigenvalue weighted by Crippen LogP contribution is -2.30. The lowest BCUT2D eigenvalue weighted by atomic mass is 9.69. The van der Waals surface area contributed by atoms with Gasteiger partial charge in [0.25, 0.3) is 5.70 Å². The molecule has 0 radical (unpaired) electrons. The van der Waals surface area contributed by atoms with Crippen molar-refractivity contribution >= 4 is 55.5 Å². The molecule has 7 nitrogen and oxygen atoms in total. The molecule has 0 aromatic heterocycles. The van der Waals surface area contributed by atoms with Gasteiger partial charge in [0.1, 0.15) is 13.1 Å². The molecule has 0 heterocycles. The molecule has 4 N–H and O–H groups in total. The van der Waals surface area contributed by atoms with E-state index in [2.05, 4.69) is 60.2 Å². The van der Waals surface area contributed by atoms with Crippen LogP contribution in [0.5, 0.6) is 0 Å². The predicted octanol–water partition coefficient (Wildman–Crippen LogP) is 7.49. The molecule has 7 heteroatoms. The van der Waals surface area contributed by atoms with Crippen LogP contribution < -0.4 is 21.5 Å². The van der Waals surface area contributed by atoms with Crippen LogP contribution in [0.2, 0.25) is 0 Å². The number of benzene rings is 5. The smallest absolute Gasteiger partial charge is 0.270 e. The van der Waals surface area contributed by atoms with Crippen LogP contribution in [0, 0.1) is 17.9 Å². The summed E-state index contributed by atoms with van der Waals surface area (Å²) in [6.45, 7) is 19.8. The second-order valence-electron chi connectivity index (χ2n) is 12.4. The van der Waals surface area contributed by atoms with Gasteiger partial charge in [0.15, 0.2) is 0 Å². The summed E-state index contributed by atoms with van der Waals surface area (Å²) in [7, 11) is 0. The SMILES string of the molecule is [C-]#[N+]/C(C#N)=C1\C(=C2c3ccccc3C(=[N+](CC)CC)c3ccccc32)C([O-])=C1c1c2c(N)cccc2c(N(CC)CC)c2cccc(N)c12. The zero-order chi connectivity index (χ0) is 35.3. The number of anilines is 3. The Labute approximate surface area is 292 Å². The summed E-state index contributed by atoms with van der Waals surface area (Å²) in [5.74, 6) is -0.244. The van der Waals surface area contributed by atoms with Crippen molar-refractivity contribution in [3.05, 3.63) is 147 Å². The number of hydrogen-bond acceptors (Lipinski definition) is 5. The van der Waals surface area contributed by atoms with E-state index in [0.29, 0.717) is 44.4 Å². The highest BCUT2D eigenvalue weighted by Crippen LogP contribution is 2.56. The number of nitriles is 1. The molecule has 7 rings (SSSR count). The van der Waals surface area contributed by atoms with Crippen molar-refractivity contribution in [3.63, 3.8) is 0 Å². The van der Waals surface area contributed by atoms with Crippen LogP contribution in [0.1, 0.15) is 55.5 Å². The van der Waals surface area contributed by atoms with Crippen LogP contribution in [0.3, 0.4) is 0 Å². The van der Waals surface area contributed by atoms with Crippen molar-refractivity contribution < 1.29 is 9.68 Å². The van der Waals surface area contributed by atoms with Crippen LogP contribution in [0.25, 0.3) is 37.5 Å². The summed E-state index contributed by atoms with van der Waals surface area (Å²) < 4.78 is 2.33. The first kappa shape index (κ1) is 32.2. The van der Waals surface area contributed by atoms with Gasteiger partial charge in [-0.25, -0.2) is 14.7 Å². The fraction of sp³-hybridized carbons (Fsp3) is 0.186. The van der Waals surface area contributed by atoms with Crippen LogP contribution in [0.4, 0.5) is 17.1 Å². The summed E-state index contributed by atoms with van der Waals surface area (Å²) in [5.41, 5.74) is 22.7. The highest BCUT2D eigenvalue weighted by atomic mass is 16.3. The molecule has 50 heavy (non-hydrogen) atoms. The maximum Gasteiger partial charge on any atom is 0.270 e.